The van der Waals surface area contributed by atoms with Gasteiger partial charge in [-0.15, -0.1) is 12.4 Å². The zero-order valence-electron chi connectivity index (χ0n) is 16.3. The molecule has 29 heavy (non-hydrogen) atoms. The molecular weight excluding hydrogens is 376 g/mol. The number of nitrogens with one attached hydrogen (secondary N) is 1. The Bertz CT molecular complexity index is 991. The molecule has 2 nitrogen and oxygen atoms in total. The topological polar surface area (TPSA) is 24.4 Å². The number of halogens is 1. The molecule has 0 bridgehead atoms. The van der Waals surface area contributed by atoms with E-state index in [0.29, 0.717) is 0 Å². The summed E-state index contributed by atoms with van der Waals surface area (Å²) in [6, 6.07) is 31.1. The number of benzene rings is 3. The Labute approximate surface area is 179 Å². The molecule has 146 valence electrons. The molecule has 0 aliphatic heterocycles. The Morgan fingerprint density at radius 3 is 2.03 bits per heavy atom. The van der Waals surface area contributed by atoms with Crippen molar-refractivity contribution in [3.8, 4) is 0 Å². The summed E-state index contributed by atoms with van der Waals surface area (Å²) in [6.07, 6.45) is 7.45. The average Bonchev–Trinajstić information content (AvgIpc) is 2.78. The van der Waals surface area contributed by atoms with E-state index in [0.717, 1.165) is 30.6 Å². The molecule has 3 aromatic carbocycles. The minimum absolute atomic E-state index is 0. The molecule has 3 heteroatoms. The summed E-state index contributed by atoms with van der Waals surface area (Å²) in [7, 11) is 0. The van der Waals surface area contributed by atoms with Crippen LogP contribution in [0.3, 0.4) is 0 Å². The van der Waals surface area contributed by atoms with Crippen LogP contribution in [0.15, 0.2) is 113 Å². The highest BCUT2D eigenvalue weighted by atomic mass is 35.5. The Balaban J connectivity index is 0.00000240. The first-order valence-corrected chi connectivity index (χ1v) is 9.79. The largest absolute Gasteiger partial charge is 0.361 e. The van der Waals surface area contributed by atoms with Crippen molar-refractivity contribution in [2.24, 2.45) is 4.99 Å². The fraction of sp³-hybridized carbons (Fsp3) is 0.115. The molecule has 0 saturated carbocycles. The van der Waals surface area contributed by atoms with E-state index in [2.05, 4.69) is 54.0 Å². The quantitative estimate of drug-likeness (QED) is 0.442. The van der Waals surface area contributed by atoms with Crippen LogP contribution < -0.4 is 5.32 Å². The van der Waals surface area contributed by atoms with E-state index in [1.807, 2.05) is 54.7 Å². The fourth-order valence-electron chi connectivity index (χ4n) is 3.55. The second-order valence-corrected chi connectivity index (χ2v) is 6.89. The zero-order valence-corrected chi connectivity index (χ0v) is 17.1. The first-order valence-electron chi connectivity index (χ1n) is 9.79. The maximum atomic E-state index is 4.73. The summed E-state index contributed by atoms with van der Waals surface area (Å²) >= 11 is 0. The Hall–Kier alpha value is -3.10. The van der Waals surface area contributed by atoms with Crippen LogP contribution in [-0.4, -0.2) is 6.21 Å². The van der Waals surface area contributed by atoms with Crippen molar-refractivity contribution in [1.29, 1.82) is 0 Å². The second-order valence-electron chi connectivity index (χ2n) is 6.89. The van der Waals surface area contributed by atoms with Crippen LogP contribution >= 0.6 is 12.4 Å². The van der Waals surface area contributed by atoms with E-state index in [1.165, 1.54) is 22.3 Å². The monoisotopic (exact) mass is 400 g/mol. The van der Waals surface area contributed by atoms with Crippen LogP contribution in [0.25, 0.3) is 5.57 Å². The smallest absolute Gasteiger partial charge is 0.0629 e. The van der Waals surface area contributed by atoms with Gasteiger partial charge in [-0.1, -0.05) is 66.7 Å². The SMILES string of the molecule is C(=N\c1ccccc1)/C1=C(c2ccccc2)C(=C/Nc2ccccc2)/CCC1.Cl. The molecule has 0 fully saturated rings. The molecule has 0 heterocycles. The predicted octanol–water partition coefficient (Wildman–Crippen LogP) is 7.44. The van der Waals surface area contributed by atoms with Gasteiger partial charge in [0.05, 0.1) is 5.69 Å². The number of anilines is 1. The minimum atomic E-state index is 0. The highest BCUT2D eigenvalue weighted by molar-refractivity contribution is 5.98. The van der Waals surface area contributed by atoms with Crippen LogP contribution in [0.5, 0.6) is 0 Å². The molecule has 0 spiro atoms. The van der Waals surface area contributed by atoms with E-state index >= 15 is 0 Å². The Kier molecular flexibility index (Phi) is 7.43. The van der Waals surface area contributed by atoms with Crippen molar-refractivity contribution in [1.82, 2.24) is 0 Å². The highest BCUT2D eigenvalue weighted by Gasteiger charge is 2.18. The van der Waals surface area contributed by atoms with E-state index in [1.54, 1.807) is 0 Å². The van der Waals surface area contributed by atoms with Gasteiger partial charge >= 0.3 is 0 Å². The Morgan fingerprint density at radius 2 is 1.34 bits per heavy atom. The lowest BCUT2D eigenvalue weighted by Crippen LogP contribution is -2.06. The van der Waals surface area contributed by atoms with Crippen LogP contribution in [0.1, 0.15) is 24.8 Å². The first-order chi connectivity index (χ1) is 13.9. The van der Waals surface area contributed by atoms with Crippen molar-refractivity contribution >= 4 is 35.6 Å². The molecule has 0 unspecified atom stereocenters. The number of para-hydroxylation sites is 2. The van der Waals surface area contributed by atoms with Crippen LogP contribution in [0, 0.1) is 0 Å². The predicted molar refractivity (Wildman–Crippen MR) is 127 cm³/mol. The lowest BCUT2D eigenvalue weighted by atomic mass is 9.84. The molecular formula is C26H25ClN2. The third kappa shape index (κ3) is 5.46. The number of nitrogens with zero attached hydrogens (tertiary/aromatic N) is 1. The third-order valence-electron chi connectivity index (χ3n) is 4.91. The summed E-state index contributed by atoms with van der Waals surface area (Å²) < 4.78 is 0. The van der Waals surface area contributed by atoms with Gasteiger partial charge in [0.25, 0.3) is 0 Å². The highest BCUT2D eigenvalue weighted by Crippen LogP contribution is 2.36. The lowest BCUT2D eigenvalue weighted by Gasteiger charge is -2.22. The molecule has 1 aliphatic carbocycles. The zero-order chi connectivity index (χ0) is 19.0. The number of hydrogen-bond donors (Lipinski definition) is 1. The summed E-state index contributed by atoms with van der Waals surface area (Å²) in [6.45, 7) is 0. The van der Waals surface area contributed by atoms with Gasteiger partial charge < -0.3 is 5.32 Å². The van der Waals surface area contributed by atoms with Gasteiger partial charge in [0.1, 0.15) is 0 Å². The van der Waals surface area contributed by atoms with E-state index < -0.39 is 0 Å². The Morgan fingerprint density at radius 1 is 0.724 bits per heavy atom. The molecule has 0 amide bonds. The van der Waals surface area contributed by atoms with Gasteiger partial charge in [-0.3, -0.25) is 4.99 Å². The maximum absolute atomic E-state index is 4.73. The molecule has 4 rings (SSSR count). The van der Waals surface area contributed by atoms with E-state index in [4.69, 9.17) is 4.99 Å². The molecule has 0 aromatic heterocycles. The van der Waals surface area contributed by atoms with Crippen molar-refractivity contribution in [3.63, 3.8) is 0 Å². The number of aliphatic imine (C=N–C) groups is 1. The summed E-state index contributed by atoms with van der Waals surface area (Å²) in [5.74, 6) is 0. The van der Waals surface area contributed by atoms with Gasteiger partial charge in [-0.25, -0.2) is 0 Å². The van der Waals surface area contributed by atoms with Crippen molar-refractivity contribution in [2.45, 2.75) is 19.3 Å². The molecule has 1 aliphatic rings. The van der Waals surface area contributed by atoms with Crippen molar-refractivity contribution < 1.29 is 0 Å². The normalized spacial score (nSPS) is 15.4. The summed E-state index contributed by atoms with van der Waals surface area (Å²) in [5.41, 5.74) is 7.26. The fourth-order valence-corrected chi connectivity index (χ4v) is 3.55. The van der Waals surface area contributed by atoms with Gasteiger partial charge in [0, 0.05) is 18.1 Å². The van der Waals surface area contributed by atoms with Gasteiger partial charge in [0.2, 0.25) is 0 Å². The van der Waals surface area contributed by atoms with Gasteiger partial charge in [-0.05, 0) is 65.8 Å². The van der Waals surface area contributed by atoms with Crippen molar-refractivity contribution in [2.75, 3.05) is 5.32 Å². The molecule has 0 radical (unpaired) electrons. The third-order valence-corrected chi connectivity index (χ3v) is 4.91. The molecule has 1 N–H and O–H groups in total. The molecule has 0 atom stereocenters. The number of hydrogen-bond acceptors (Lipinski definition) is 2. The standard InChI is InChI=1S/C26H24N2.ClH/c1-4-11-21(12-5-1)26-22(19-27-24-15-6-2-7-16-24)13-10-14-23(26)20-28-25-17-8-3-9-18-25;/h1-9,11-12,15-20,27H,10,13-14H2;1H/b22-19+,28-20+;. The summed E-state index contributed by atoms with van der Waals surface area (Å²) in [5, 5.41) is 3.47. The van der Waals surface area contributed by atoms with Crippen molar-refractivity contribution in [3.05, 3.63) is 114 Å². The van der Waals surface area contributed by atoms with Crippen LogP contribution in [0.2, 0.25) is 0 Å². The van der Waals surface area contributed by atoms with E-state index in [9.17, 15) is 0 Å². The molecule has 0 saturated heterocycles. The summed E-state index contributed by atoms with van der Waals surface area (Å²) in [4.78, 5) is 4.73. The van der Waals surface area contributed by atoms with E-state index in [-0.39, 0.29) is 12.4 Å². The molecule has 3 aromatic rings. The van der Waals surface area contributed by atoms with Gasteiger partial charge in [0.15, 0.2) is 0 Å². The maximum Gasteiger partial charge on any atom is 0.0629 e. The number of rotatable bonds is 5. The average molecular weight is 401 g/mol. The lowest BCUT2D eigenvalue weighted by molar-refractivity contribution is 0.813. The van der Waals surface area contributed by atoms with Gasteiger partial charge in [-0.2, -0.15) is 0 Å². The van der Waals surface area contributed by atoms with Crippen LogP contribution in [0.4, 0.5) is 11.4 Å². The minimum Gasteiger partial charge on any atom is -0.361 e. The second kappa shape index (κ2) is 10.4. The van der Waals surface area contributed by atoms with Crippen LogP contribution in [-0.2, 0) is 0 Å². The first kappa shape index (κ1) is 20.6. The number of allylic oxidation sites excluding steroid dienone is 3.